The van der Waals surface area contributed by atoms with Crippen molar-refractivity contribution in [2.75, 3.05) is 18.5 Å². The lowest BCUT2D eigenvalue weighted by atomic mass is 10.2. The number of anilines is 1. The predicted molar refractivity (Wildman–Crippen MR) is 83.0 cm³/mol. The molecule has 0 saturated carbocycles. The topological polar surface area (TPSA) is 64.3 Å². The summed E-state index contributed by atoms with van der Waals surface area (Å²) in [6, 6.07) is 10.9. The van der Waals surface area contributed by atoms with E-state index in [-0.39, 0.29) is 5.91 Å². The zero-order valence-corrected chi connectivity index (χ0v) is 12.7. The number of carbonyl (C=O) groups is 1. The van der Waals surface area contributed by atoms with Crippen molar-refractivity contribution in [1.29, 1.82) is 0 Å². The van der Waals surface area contributed by atoms with E-state index in [0.717, 1.165) is 0 Å². The minimum absolute atomic E-state index is 0.335. The fraction of sp³-hybridized carbons (Fsp3) is 0.133. The van der Waals surface area contributed by atoms with Crippen LogP contribution < -0.4 is 15.8 Å². The summed E-state index contributed by atoms with van der Waals surface area (Å²) in [5.41, 5.74) is 6.31. The summed E-state index contributed by atoms with van der Waals surface area (Å²) in [6.45, 7) is 0.819. The number of hydrogen-bond donors (Lipinski definition) is 2. The summed E-state index contributed by atoms with van der Waals surface area (Å²) < 4.78 is 18.8. The van der Waals surface area contributed by atoms with Gasteiger partial charge in [-0.05, 0) is 46.3 Å². The molecule has 0 aromatic heterocycles. The normalized spacial score (nSPS) is 10.2. The van der Waals surface area contributed by atoms with Crippen LogP contribution in [-0.2, 0) is 0 Å². The van der Waals surface area contributed by atoms with Gasteiger partial charge in [-0.2, -0.15) is 0 Å². The van der Waals surface area contributed by atoms with Gasteiger partial charge in [0.1, 0.15) is 18.2 Å². The molecular formula is C15H14BrFN2O2. The SMILES string of the molecule is NCCOc1cccc(NC(=O)c2ccc(F)cc2Br)c1. The summed E-state index contributed by atoms with van der Waals surface area (Å²) in [7, 11) is 0. The fourth-order valence-corrected chi connectivity index (χ4v) is 2.24. The van der Waals surface area contributed by atoms with Gasteiger partial charge in [0.15, 0.2) is 0 Å². The smallest absolute Gasteiger partial charge is 0.256 e. The maximum absolute atomic E-state index is 13.0. The number of halogens is 2. The number of nitrogens with two attached hydrogens (primary N) is 1. The van der Waals surface area contributed by atoms with Crippen molar-refractivity contribution in [3.05, 3.63) is 58.3 Å². The molecule has 2 aromatic carbocycles. The first kappa shape index (κ1) is 15.5. The first-order valence-electron chi connectivity index (χ1n) is 6.29. The first-order valence-corrected chi connectivity index (χ1v) is 7.09. The van der Waals surface area contributed by atoms with Gasteiger partial charge in [-0.15, -0.1) is 0 Å². The Labute approximate surface area is 130 Å². The van der Waals surface area contributed by atoms with Crippen LogP contribution in [0.4, 0.5) is 10.1 Å². The second kappa shape index (κ2) is 7.19. The Morgan fingerprint density at radius 2 is 2.10 bits per heavy atom. The molecular weight excluding hydrogens is 339 g/mol. The third kappa shape index (κ3) is 4.27. The molecule has 21 heavy (non-hydrogen) atoms. The van der Waals surface area contributed by atoms with Crippen LogP contribution in [-0.4, -0.2) is 19.1 Å². The molecule has 0 spiro atoms. The molecule has 6 heteroatoms. The fourth-order valence-electron chi connectivity index (χ4n) is 1.71. The highest BCUT2D eigenvalue weighted by atomic mass is 79.9. The van der Waals surface area contributed by atoms with Crippen LogP contribution >= 0.6 is 15.9 Å². The molecule has 3 N–H and O–H groups in total. The summed E-state index contributed by atoms with van der Waals surface area (Å²) in [5, 5.41) is 2.73. The van der Waals surface area contributed by atoms with Crippen molar-refractivity contribution in [2.45, 2.75) is 0 Å². The molecule has 0 unspecified atom stereocenters. The van der Waals surface area contributed by atoms with Crippen molar-refractivity contribution in [2.24, 2.45) is 5.73 Å². The van der Waals surface area contributed by atoms with E-state index in [1.165, 1.54) is 18.2 Å². The molecule has 0 aliphatic heterocycles. The molecule has 110 valence electrons. The second-order valence-corrected chi connectivity index (χ2v) is 5.10. The highest BCUT2D eigenvalue weighted by Gasteiger charge is 2.11. The minimum atomic E-state index is -0.407. The van der Waals surface area contributed by atoms with E-state index < -0.39 is 5.82 Å². The summed E-state index contributed by atoms with van der Waals surface area (Å²) in [6.07, 6.45) is 0. The molecule has 4 nitrogen and oxygen atoms in total. The van der Waals surface area contributed by atoms with Gasteiger partial charge in [0.05, 0.1) is 5.56 Å². The molecule has 0 aliphatic carbocycles. The molecule has 0 radical (unpaired) electrons. The summed E-state index contributed by atoms with van der Waals surface area (Å²) >= 11 is 3.17. The Morgan fingerprint density at radius 3 is 2.81 bits per heavy atom. The van der Waals surface area contributed by atoms with Gasteiger partial charge in [0.2, 0.25) is 0 Å². The molecule has 0 bridgehead atoms. The standard InChI is InChI=1S/C15H14BrFN2O2/c16-14-8-10(17)4-5-13(14)15(20)19-11-2-1-3-12(9-11)21-7-6-18/h1-5,8-9H,6-7,18H2,(H,19,20). The maximum Gasteiger partial charge on any atom is 0.256 e. The Hall–Kier alpha value is -1.92. The molecule has 0 aliphatic rings. The Balaban J connectivity index is 2.12. The van der Waals surface area contributed by atoms with E-state index in [9.17, 15) is 9.18 Å². The van der Waals surface area contributed by atoms with Crippen molar-refractivity contribution >= 4 is 27.5 Å². The minimum Gasteiger partial charge on any atom is -0.492 e. The van der Waals surface area contributed by atoms with Crippen molar-refractivity contribution in [1.82, 2.24) is 0 Å². The molecule has 1 amide bonds. The zero-order chi connectivity index (χ0) is 15.2. The van der Waals surface area contributed by atoms with E-state index in [0.29, 0.717) is 34.6 Å². The second-order valence-electron chi connectivity index (χ2n) is 4.24. The number of hydrogen-bond acceptors (Lipinski definition) is 3. The highest BCUT2D eigenvalue weighted by molar-refractivity contribution is 9.10. The van der Waals surface area contributed by atoms with Gasteiger partial charge < -0.3 is 15.8 Å². The Morgan fingerprint density at radius 1 is 1.29 bits per heavy atom. The number of amides is 1. The Kier molecular flexibility index (Phi) is 5.30. The number of carbonyl (C=O) groups excluding carboxylic acids is 1. The number of ether oxygens (including phenoxy) is 1. The van der Waals surface area contributed by atoms with Gasteiger partial charge >= 0.3 is 0 Å². The van der Waals surface area contributed by atoms with Crippen LogP contribution in [0.2, 0.25) is 0 Å². The highest BCUT2D eigenvalue weighted by Crippen LogP contribution is 2.21. The van der Waals surface area contributed by atoms with Crippen LogP contribution in [0.25, 0.3) is 0 Å². The lowest BCUT2D eigenvalue weighted by Gasteiger charge is -2.09. The van der Waals surface area contributed by atoms with Gasteiger partial charge in [-0.3, -0.25) is 4.79 Å². The quantitative estimate of drug-likeness (QED) is 0.868. The van der Waals surface area contributed by atoms with Crippen LogP contribution in [0, 0.1) is 5.82 Å². The van der Waals surface area contributed by atoms with E-state index in [4.69, 9.17) is 10.5 Å². The van der Waals surface area contributed by atoms with Crippen molar-refractivity contribution in [3.63, 3.8) is 0 Å². The number of nitrogens with one attached hydrogen (secondary N) is 1. The van der Waals surface area contributed by atoms with Crippen LogP contribution in [0.1, 0.15) is 10.4 Å². The Bertz CT molecular complexity index is 649. The number of benzene rings is 2. The lowest BCUT2D eigenvalue weighted by Crippen LogP contribution is -2.13. The monoisotopic (exact) mass is 352 g/mol. The van der Waals surface area contributed by atoms with E-state index in [2.05, 4.69) is 21.2 Å². The molecule has 0 atom stereocenters. The molecule has 0 heterocycles. The lowest BCUT2D eigenvalue weighted by molar-refractivity contribution is 0.102. The van der Waals surface area contributed by atoms with Crippen molar-refractivity contribution < 1.29 is 13.9 Å². The summed E-state index contributed by atoms with van der Waals surface area (Å²) in [5.74, 6) is -0.120. The molecule has 0 saturated heterocycles. The van der Waals surface area contributed by atoms with Gasteiger partial charge in [0, 0.05) is 22.8 Å². The zero-order valence-electron chi connectivity index (χ0n) is 11.1. The molecule has 2 rings (SSSR count). The predicted octanol–water partition coefficient (Wildman–Crippen LogP) is 3.18. The summed E-state index contributed by atoms with van der Waals surface area (Å²) in [4.78, 5) is 12.1. The van der Waals surface area contributed by atoms with E-state index >= 15 is 0 Å². The van der Waals surface area contributed by atoms with Crippen LogP contribution in [0.15, 0.2) is 46.9 Å². The van der Waals surface area contributed by atoms with Gasteiger partial charge in [-0.1, -0.05) is 6.07 Å². The van der Waals surface area contributed by atoms with Crippen LogP contribution in [0.3, 0.4) is 0 Å². The average Bonchev–Trinajstić information content (AvgIpc) is 2.45. The maximum atomic E-state index is 13.0. The van der Waals surface area contributed by atoms with E-state index in [1.807, 2.05) is 0 Å². The largest absolute Gasteiger partial charge is 0.492 e. The first-order chi connectivity index (χ1) is 10.1. The van der Waals surface area contributed by atoms with Gasteiger partial charge in [0.25, 0.3) is 5.91 Å². The molecule has 2 aromatic rings. The van der Waals surface area contributed by atoms with Crippen molar-refractivity contribution in [3.8, 4) is 5.75 Å². The van der Waals surface area contributed by atoms with E-state index in [1.54, 1.807) is 24.3 Å². The van der Waals surface area contributed by atoms with Gasteiger partial charge in [-0.25, -0.2) is 4.39 Å². The number of rotatable bonds is 5. The third-order valence-corrected chi connectivity index (χ3v) is 3.31. The molecule has 0 fully saturated rings. The third-order valence-electron chi connectivity index (χ3n) is 2.65. The average molecular weight is 353 g/mol. The van der Waals surface area contributed by atoms with Crippen LogP contribution in [0.5, 0.6) is 5.75 Å².